The highest BCUT2D eigenvalue weighted by Crippen LogP contribution is 2.34. The number of likely N-dealkylation sites (N-methyl/N-ethyl adjacent to an activating group) is 1. The van der Waals surface area contributed by atoms with E-state index in [1.54, 1.807) is 0 Å². The van der Waals surface area contributed by atoms with Crippen LogP contribution in [0.2, 0.25) is 0 Å². The first-order valence-electron chi connectivity index (χ1n) is 4.76. The van der Waals surface area contributed by atoms with Crippen LogP contribution in [0.5, 0.6) is 0 Å². The molecule has 1 fully saturated rings. The van der Waals surface area contributed by atoms with Crippen molar-refractivity contribution in [3.8, 4) is 0 Å². The van der Waals surface area contributed by atoms with E-state index in [4.69, 9.17) is 0 Å². The van der Waals surface area contributed by atoms with Crippen molar-refractivity contribution in [3.05, 3.63) is 0 Å². The molecule has 0 amide bonds. The van der Waals surface area contributed by atoms with Gasteiger partial charge in [-0.3, -0.25) is 0 Å². The molecule has 0 aliphatic heterocycles. The second-order valence-electron chi connectivity index (χ2n) is 3.45. The summed E-state index contributed by atoms with van der Waals surface area (Å²) in [4.78, 5) is 0. The summed E-state index contributed by atoms with van der Waals surface area (Å²) < 4.78 is 0. The molecular weight excluding hydrogens is 136 g/mol. The molecule has 0 aromatic rings. The predicted octanol–water partition coefficient (Wildman–Crippen LogP) is 0.984. The van der Waals surface area contributed by atoms with Crippen molar-refractivity contribution in [3.63, 3.8) is 0 Å². The molecule has 0 saturated heterocycles. The standard InChI is InChI=1S/C9H20N2/c1-3-4-8-7-9(8)11-6-5-10-2/h8-11H,3-7H2,1-2H3. The van der Waals surface area contributed by atoms with Crippen LogP contribution in [0.15, 0.2) is 0 Å². The fraction of sp³-hybridized carbons (Fsp3) is 1.00. The maximum atomic E-state index is 3.53. The lowest BCUT2D eigenvalue weighted by atomic mass is 10.2. The van der Waals surface area contributed by atoms with Crippen molar-refractivity contribution in [1.82, 2.24) is 10.6 Å². The van der Waals surface area contributed by atoms with Gasteiger partial charge in [0.2, 0.25) is 0 Å². The van der Waals surface area contributed by atoms with Crippen molar-refractivity contribution >= 4 is 0 Å². The van der Waals surface area contributed by atoms with E-state index in [9.17, 15) is 0 Å². The van der Waals surface area contributed by atoms with E-state index in [0.29, 0.717) is 0 Å². The quantitative estimate of drug-likeness (QED) is 0.560. The van der Waals surface area contributed by atoms with Gasteiger partial charge in [-0.1, -0.05) is 13.3 Å². The molecule has 0 heterocycles. The third-order valence-electron chi connectivity index (χ3n) is 2.36. The monoisotopic (exact) mass is 156 g/mol. The lowest BCUT2D eigenvalue weighted by Crippen LogP contribution is -2.27. The topological polar surface area (TPSA) is 24.1 Å². The predicted molar refractivity (Wildman–Crippen MR) is 48.7 cm³/mol. The second-order valence-corrected chi connectivity index (χ2v) is 3.45. The molecule has 2 nitrogen and oxygen atoms in total. The van der Waals surface area contributed by atoms with Gasteiger partial charge in [0.1, 0.15) is 0 Å². The SMILES string of the molecule is CCCC1CC1NCCNC. The Labute approximate surface area is 69.8 Å². The minimum Gasteiger partial charge on any atom is -0.318 e. The molecule has 1 rings (SSSR count). The van der Waals surface area contributed by atoms with Crippen LogP contribution in [0.4, 0.5) is 0 Å². The molecule has 2 unspecified atom stereocenters. The lowest BCUT2D eigenvalue weighted by Gasteiger charge is -2.01. The van der Waals surface area contributed by atoms with E-state index in [-0.39, 0.29) is 0 Å². The van der Waals surface area contributed by atoms with E-state index >= 15 is 0 Å². The fourth-order valence-corrected chi connectivity index (χ4v) is 1.57. The molecule has 0 aromatic carbocycles. The Hall–Kier alpha value is -0.0800. The summed E-state index contributed by atoms with van der Waals surface area (Å²) in [6.07, 6.45) is 4.17. The Morgan fingerprint density at radius 3 is 2.82 bits per heavy atom. The van der Waals surface area contributed by atoms with Gasteiger partial charge in [-0.2, -0.15) is 0 Å². The van der Waals surface area contributed by atoms with Crippen molar-refractivity contribution in [2.24, 2.45) is 5.92 Å². The molecule has 0 spiro atoms. The van der Waals surface area contributed by atoms with Gasteiger partial charge in [0, 0.05) is 19.1 Å². The van der Waals surface area contributed by atoms with Gasteiger partial charge in [0.25, 0.3) is 0 Å². The van der Waals surface area contributed by atoms with E-state index in [2.05, 4.69) is 17.6 Å². The van der Waals surface area contributed by atoms with Crippen LogP contribution in [0.1, 0.15) is 26.2 Å². The molecule has 11 heavy (non-hydrogen) atoms. The summed E-state index contributed by atoms with van der Waals surface area (Å²) in [5, 5.41) is 6.67. The van der Waals surface area contributed by atoms with Crippen molar-refractivity contribution in [1.29, 1.82) is 0 Å². The molecule has 1 aliphatic rings. The minimum absolute atomic E-state index is 0.850. The normalized spacial score (nSPS) is 28.9. The summed E-state index contributed by atoms with van der Waals surface area (Å²) in [7, 11) is 2.00. The van der Waals surface area contributed by atoms with Crippen molar-refractivity contribution in [2.75, 3.05) is 20.1 Å². The molecular formula is C9H20N2. The first-order valence-corrected chi connectivity index (χ1v) is 4.76. The lowest BCUT2D eigenvalue weighted by molar-refractivity contribution is 0.587. The molecule has 1 aliphatic carbocycles. The Morgan fingerprint density at radius 2 is 2.18 bits per heavy atom. The molecule has 0 aromatic heterocycles. The molecule has 2 atom stereocenters. The van der Waals surface area contributed by atoms with Gasteiger partial charge in [-0.05, 0) is 25.8 Å². The number of nitrogens with one attached hydrogen (secondary N) is 2. The third kappa shape index (κ3) is 3.21. The zero-order chi connectivity index (χ0) is 8.10. The van der Waals surface area contributed by atoms with Gasteiger partial charge in [0.05, 0.1) is 0 Å². The number of hydrogen-bond acceptors (Lipinski definition) is 2. The van der Waals surface area contributed by atoms with Gasteiger partial charge in [-0.15, -0.1) is 0 Å². The first kappa shape index (κ1) is 9.01. The largest absolute Gasteiger partial charge is 0.318 e. The Morgan fingerprint density at radius 1 is 1.36 bits per heavy atom. The fourth-order valence-electron chi connectivity index (χ4n) is 1.57. The molecule has 0 bridgehead atoms. The second kappa shape index (κ2) is 4.73. The highest BCUT2D eigenvalue weighted by Gasteiger charge is 2.34. The summed E-state index contributed by atoms with van der Waals surface area (Å²) in [5.74, 6) is 0.997. The molecule has 0 radical (unpaired) electrons. The van der Waals surface area contributed by atoms with Crippen LogP contribution in [0.3, 0.4) is 0 Å². The smallest absolute Gasteiger partial charge is 0.00996 e. The molecule has 2 N–H and O–H groups in total. The third-order valence-corrected chi connectivity index (χ3v) is 2.36. The minimum atomic E-state index is 0.850. The van der Waals surface area contributed by atoms with Gasteiger partial charge < -0.3 is 10.6 Å². The number of hydrogen-bond donors (Lipinski definition) is 2. The van der Waals surface area contributed by atoms with E-state index in [0.717, 1.165) is 25.0 Å². The summed E-state index contributed by atoms with van der Waals surface area (Å²) in [6, 6.07) is 0.850. The maximum absolute atomic E-state index is 3.53. The van der Waals surface area contributed by atoms with Crippen LogP contribution in [-0.2, 0) is 0 Å². The van der Waals surface area contributed by atoms with Gasteiger partial charge in [0.15, 0.2) is 0 Å². The van der Waals surface area contributed by atoms with E-state index in [1.807, 2.05) is 7.05 Å². The van der Waals surface area contributed by atoms with Gasteiger partial charge >= 0.3 is 0 Å². The Balaban J connectivity index is 1.87. The molecule has 66 valence electrons. The first-order chi connectivity index (χ1) is 5.38. The number of rotatable bonds is 6. The Kier molecular flexibility index (Phi) is 3.87. The zero-order valence-corrected chi connectivity index (χ0v) is 7.69. The van der Waals surface area contributed by atoms with Crippen LogP contribution < -0.4 is 10.6 Å². The van der Waals surface area contributed by atoms with Crippen LogP contribution in [-0.4, -0.2) is 26.2 Å². The van der Waals surface area contributed by atoms with Crippen molar-refractivity contribution in [2.45, 2.75) is 32.2 Å². The molecule has 1 saturated carbocycles. The summed E-state index contributed by atoms with van der Waals surface area (Å²) in [6.45, 7) is 4.49. The van der Waals surface area contributed by atoms with Crippen molar-refractivity contribution < 1.29 is 0 Å². The maximum Gasteiger partial charge on any atom is 0.00996 e. The average molecular weight is 156 g/mol. The average Bonchev–Trinajstić information content (AvgIpc) is 2.70. The zero-order valence-electron chi connectivity index (χ0n) is 7.69. The van der Waals surface area contributed by atoms with E-state index < -0.39 is 0 Å². The van der Waals surface area contributed by atoms with Crippen LogP contribution >= 0.6 is 0 Å². The van der Waals surface area contributed by atoms with Crippen LogP contribution in [0.25, 0.3) is 0 Å². The molecule has 2 heteroatoms. The van der Waals surface area contributed by atoms with Gasteiger partial charge in [-0.25, -0.2) is 0 Å². The van der Waals surface area contributed by atoms with Crippen LogP contribution in [0, 0.1) is 5.92 Å². The summed E-state index contributed by atoms with van der Waals surface area (Å²) in [5.41, 5.74) is 0. The highest BCUT2D eigenvalue weighted by molar-refractivity contribution is 4.92. The van der Waals surface area contributed by atoms with E-state index in [1.165, 1.54) is 19.3 Å². The summed E-state index contributed by atoms with van der Waals surface area (Å²) >= 11 is 0. The Bertz CT molecular complexity index is 104. The highest BCUT2D eigenvalue weighted by atomic mass is 15.0.